The van der Waals surface area contributed by atoms with Crippen LogP contribution in [0.1, 0.15) is 11.3 Å². The van der Waals surface area contributed by atoms with Crippen molar-refractivity contribution in [3.63, 3.8) is 0 Å². The van der Waals surface area contributed by atoms with Crippen molar-refractivity contribution in [3.8, 4) is 11.6 Å². The quantitative estimate of drug-likeness (QED) is 0.881. The van der Waals surface area contributed by atoms with E-state index in [1.165, 1.54) is 12.1 Å². The predicted molar refractivity (Wildman–Crippen MR) is 71.6 cm³/mol. The maximum atomic E-state index is 12.4. The molecule has 104 valence electrons. The third-order valence-corrected chi connectivity index (χ3v) is 2.59. The van der Waals surface area contributed by atoms with Crippen LogP contribution in [0.15, 0.2) is 42.5 Å². The summed E-state index contributed by atoms with van der Waals surface area (Å²) in [5.74, 6) is 0.445. The van der Waals surface area contributed by atoms with E-state index in [1.54, 1.807) is 18.2 Å². The van der Waals surface area contributed by atoms with Crippen LogP contribution in [0.5, 0.6) is 11.6 Å². The summed E-state index contributed by atoms with van der Waals surface area (Å²) in [6, 6.07) is 9.12. The van der Waals surface area contributed by atoms with Gasteiger partial charge in [0.15, 0.2) is 0 Å². The van der Waals surface area contributed by atoms with Gasteiger partial charge in [0.1, 0.15) is 16.4 Å². The lowest BCUT2D eigenvalue weighted by Gasteiger charge is -2.09. The van der Waals surface area contributed by atoms with Crippen molar-refractivity contribution in [3.05, 3.63) is 53.7 Å². The van der Waals surface area contributed by atoms with Crippen LogP contribution in [-0.4, -0.2) is 9.97 Å². The molecule has 1 aromatic carbocycles. The van der Waals surface area contributed by atoms with Crippen molar-refractivity contribution in [2.24, 2.45) is 5.73 Å². The number of thiocarbonyl (C=S) groups is 1. The average Bonchev–Trinajstić information content (AvgIpc) is 2.38. The number of hydrogen-bond donors (Lipinski definition) is 1. The minimum absolute atomic E-state index is 0.114. The zero-order chi connectivity index (χ0) is 14.8. The monoisotopic (exact) mass is 298 g/mol. The molecule has 0 fully saturated rings. The fraction of sp³-hybridized carbons (Fsp3) is 0.0769. The first-order chi connectivity index (χ1) is 9.36. The number of aromatic nitrogens is 1. The van der Waals surface area contributed by atoms with Gasteiger partial charge in [0.2, 0.25) is 5.88 Å². The van der Waals surface area contributed by atoms with Crippen LogP contribution in [0.25, 0.3) is 0 Å². The van der Waals surface area contributed by atoms with Crippen LogP contribution in [0.4, 0.5) is 13.2 Å². The number of alkyl halides is 3. The second-order valence-electron chi connectivity index (χ2n) is 3.85. The number of nitrogens with zero attached hydrogens (tertiary/aromatic N) is 1. The maximum Gasteiger partial charge on any atom is 0.416 e. The number of ether oxygens (including phenoxy) is 1. The molecule has 0 bridgehead atoms. The van der Waals surface area contributed by atoms with Gasteiger partial charge in [0.25, 0.3) is 0 Å². The number of rotatable bonds is 3. The zero-order valence-corrected chi connectivity index (χ0v) is 10.8. The van der Waals surface area contributed by atoms with Gasteiger partial charge in [-0.25, -0.2) is 4.98 Å². The van der Waals surface area contributed by atoms with Crippen LogP contribution in [0.2, 0.25) is 0 Å². The van der Waals surface area contributed by atoms with Crippen LogP contribution < -0.4 is 10.5 Å². The van der Waals surface area contributed by atoms with Gasteiger partial charge in [-0.3, -0.25) is 0 Å². The van der Waals surface area contributed by atoms with E-state index < -0.39 is 11.7 Å². The first-order valence-electron chi connectivity index (χ1n) is 5.48. The van der Waals surface area contributed by atoms with Gasteiger partial charge in [-0.2, -0.15) is 13.2 Å². The molecular weight excluding hydrogens is 289 g/mol. The van der Waals surface area contributed by atoms with E-state index in [0.29, 0.717) is 5.69 Å². The molecule has 0 aliphatic heterocycles. The Kier molecular flexibility index (Phi) is 3.89. The minimum Gasteiger partial charge on any atom is -0.439 e. The van der Waals surface area contributed by atoms with Crippen LogP contribution in [-0.2, 0) is 6.18 Å². The highest BCUT2D eigenvalue weighted by Gasteiger charge is 2.30. The summed E-state index contributed by atoms with van der Waals surface area (Å²) >= 11 is 4.78. The fourth-order valence-electron chi connectivity index (χ4n) is 1.44. The second kappa shape index (κ2) is 5.46. The lowest BCUT2D eigenvalue weighted by Crippen LogP contribution is -2.11. The molecule has 1 aromatic heterocycles. The van der Waals surface area contributed by atoms with Crippen molar-refractivity contribution >= 4 is 17.2 Å². The molecule has 0 radical (unpaired) electrons. The average molecular weight is 298 g/mol. The summed E-state index contributed by atoms with van der Waals surface area (Å²) in [6.45, 7) is 0. The number of benzene rings is 1. The minimum atomic E-state index is -4.37. The summed E-state index contributed by atoms with van der Waals surface area (Å²) in [5, 5.41) is 0. The highest BCUT2D eigenvalue weighted by molar-refractivity contribution is 7.80. The Labute approximate surface area is 118 Å². The van der Waals surface area contributed by atoms with Gasteiger partial charge in [-0.05, 0) is 30.3 Å². The summed E-state index contributed by atoms with van der Waals surface area (Å²) in [4.78, 5) is 4.14. The number of nitrogens with two attached hydrogens (primary N) is 1. The standard InChI is InChI=1S/C13H9F3N2OS/c14-13(15,16)8-4-6-9(7-5-8)19-11-3-1-2-10(18-11)12(17)20/h1-7H,(H2,17,20). The molecule has 0 aliphatic rings. The van der Waals surface area contributed by atoms with Gasteiger partial charge in [-0.1, -0.05) is 18.3 Å². The molecule has 0 saturated heterocycles. The van der Waals surface area contributed by atoms with Crippen molar-refractivity contribution in [2.75, 3.05) is 0 Å². The molecule has 20 heavy (non-hydrogen) atoms. The van der Waals surface area contributed by atoms with Gasteiger partial charge < -0.3 is 10.5 Å². The molecule has 1 heterocycles. The number of hydrogen-bond acceptors (Lipinski definition) is 3. The molecule has 0 spiro atoms. The lowest BCUT2D eigenvalue weighted by atomic mass is 10.2. The van der Waals surface area contributed by atoms with Crippen molar-refractivity contribution in [1.82, 2.24) is 4.98 Å². The smallest absolute Gasteiger partial charge is 0.416 e. The van der Waals surface area contributed by atoms with E-state index in [4.69, 9.17) is 22.7 Å². The second-order valence-corrected chi connectivity index (χ2v) is 4.29. The first-order valence-corrected chi connectivity index (χ1v) is 5.89. The zero-order valence-electron chi connectivity index (χ0n) is 10.0. The molecule has 0 amide bonds. The van der Waals surface area contributed by atoms with Crippen molar-refractivity contribution in [2.45, 2.75) is 6.18 Å². The molecular formula is C13H9F3N2OS. The molecule has 7 heteroatoms. The molecule has 0 atom stereocenters. The normalized spacial score (nSPS) is 11.2. The third-order valence-electron chi connectivity index (χ3n) is 2.38. The maximum absolute atomic E-state index is 12.4. The summed E-state index contributed by atoms with van der Waals surface area (Å²) in [5.41, 5.74) is 5.07. The Hall–Kier alpha value is -2.15. The van der Waals surface area contributed by atoms with E-state index >= 15 is 0 Å². The molecule has 2 rings (SSSR count). The largest absolute Gasteiger partial charge is 0.439 e. The topological polar surface area (TPSA) is 48.1 Å². The van der Waals surface area contributed by atoms with Crippen molar-refractivity contribution in [1.29, 1.82) is 0 Å². The van der Waals surface area contributed by atoms with Gasteiger partial charge >= 0.3 is 6.18 Å². The lowest BCUT2D eigenvalue weighted by molar-refractivity contribution is -0.137. The molecule has 0 saturated carbocycles. The summed E-state index contributed by atoms with van der Waals surface area (Å²) in [6.07, 6.45) is -4.37. The molecule has 0 aliphatic carbocycles. The van der Waals surface area contributed by atoms with E-state index in [2.05, 4.69) is 4.98 Å². The molecule has 2 N–H and O–H groups in total. The Morgan fingerprint density at radius 2 is 1.75 bits per heavy atom. The van der Waals surface area contributed by atoms with Crippen molar-refractivity contribution < 1.29 is 17.9 Å². The number of pyridine rings is 1. The van der Waals surface area contributed by atoms with Gasteiger partial charge in [0.05, 0.1) is 5.56 Å². The highest BCUT2D eigenvalue weighted by Crippen LogP contribution is 2.31. The Morgan fingerprint density at radius 3 is 2.30 bits per heavy atom. The Balaban J connectivity index is 2.18. The van der Waals surface area contributed by atoms with E-state index in [-0.39, 0.29) is 16.6 Å². The highest BCUT2D eigenvalue weighted by atomic mass is 32.1. The Bertz CT molecular complexity index is 626. The van der Waals surface area contributed by atoms with Crippen LogP contribution >= 0.6 is 12.2 Å². The van der Waals surface area contributed by atoms with Crippen LogP contribution in [0, 0.1) is 0 Å². The first kappa shape index (κ1) is 14.3. The van der Waals surface area contributed by atoms with E-state index in [0.717, 1.165) is 12.1 Å². The molecule has 3 nitrogen and oxygen atoms in total. The predicted octanol–water partition coefficient (Wildman–Crippen LogP) is 3.53. The van der Waals surface area contributed by atoms with E-state index in [9.17, 15) is 13.2 Å². The van der Waals surface area contributed by atoms with Gasteiger partial charge in [-0.15, -0.1) is 0 Å². The summed E-state index contributed by atoms with van der Waals surface area (Å²) in [7, 11) is 0. The third kappa shape index (κ3) is 3.45. The van der Waals surface area contributed by atoms with E-state index in [1.807, 2.05) is 0 Å². The van der Waals surface area contributed by atoms with Crippen LogP contribution in [0.3, 0.4) is 0 Å². The SMILES string of the molecule is NC(=S)c1cccc(Oc2ccc(C(F)(F)F)cc2)n1. The number of halogens is 3. The fourth-order valence-corrected chi connectivity index (χ4v) is 1.56. The van der Waals surface area contributed by atoms with Gasteiger partial charge in [0, 0.05) is 6.07 Å². The summed E-state index contributed by atoms with van der Waals surface area (Å²) < 4.78 is 42.6. The Morgan fingerprint density at radius 1 is 1.10 bits per heavy atom. The molecule has 2 aromatic rings. The molecule has 0 unspecified atom stereocenters.